The molecule has 102 heavy (non-hydrogen) atoms. The maximum Gasteiger partial charge on any atom is 0.426 e. The van der Waals surface area contributed by atoms with Gasteiger partial charge in [-0.3, -0.25) is 19.2 Å². The first-order chi connectivity index (χ1) is 46.8. The van der Waals surface area contributed by atoms with Gasteiger partial charge in [0.15, 0.2) is 14.3 Å². The highest BCUT2D eigenvalue weighted by Gasteiger charge is 2.64. The highest BCUT2D eigenvalue weighted by Crippen LogP contribution is 2.64. The van der Waals surface area contributed by atoms with Gasteiger partial charge in [0, 0.05) is 40.5 Å². The number of hydrogen-bond acceptors (Lipinski definition) is 15. The first kappa shape index (κ1) is 86.5. The smallest absolute Gasteiger partial charge is 0.426 e. The number of phenols is 1. The Hall–Kier alpha value is -6.14. The van der Waals surface area contributed by atoms with E-state index in [-0.39, 0.29) is 79.7 Å². The Bertz CT molecular complexity index is 3820. The van der Waals surface area contributed by atoms with Crippen molar-refractivity contribution in [1.29, 1.82) is 0 Å². The zero-order valence-corrected chi connectivity index (χ0v) is 66.1. The van der Waals surface area contributed by atoms with Crippen LogP contribution in [-0.4, -0.2) is 109 Å². The van der Waals surface area contributed by atoms with Crippen molar-refractivity contribution in [2.75, 3.05) is 12.0 Å². The number of hydrogen-bond donors (Lipinski definition) is 2. The molecule has 5 aromatic rings. The van der Waals surface area contributed by atoms with Crippen LogP contribution in [-0.2, 0) is 63.7 Å². The van der Waals surface area contributed by atoms with E-state index in [2.05, 4.69) is 149 Å². The van der Waals surface area contributed by atoms with E-state index in [1.807, 2.05) is 60.6 Å². The summed E-state index contributed by atoms with van der Waals surface area (Å²) in [7, 11) is -8.66. The van der Waals surface area contributed by atoms with Crippen LogP contribution in [0.3, 0.4) is 0 Å². The van der Waals surface area contributed by atoms with Crippen molar-refractivity contribution in [1.82, 2.24) is 0 Å². The third-order valence-corrected chi connectivity index (χ3v) is 24.5. The van der Waals surface area contributed by atoms with Gasteiger partial charge in [-0.2, -0.15) is 17.6 Å². The van der Waals surface area contributed by atoms with Gasteiger partial charge >= 0.3 is 30.1 Å². The molecular formula is C79H115F3N2O15S3. The quantitative estimate of drug-likeness (QED) is 0.0219. The number of carbonyl (C=O) groups is 4. The molecule has 3 N–H and O–H groups in total. The summed E-state index contributed by atoms with van der Waals surface area (Å²) in [4.78, 5) is 51.1. The Morgan fingerprint density at radius 2 is 1.08 bits per heavy atom. The number of piperidine rings is 1. The van der Waals surface area contributed by atoms with Crippen LogP contribution in [0.1, 0.15) is 233 Å². The number of ether oxygens (including phenoxy) is 4. The number of esters is 4. The van der Waals surface area contributed by atoms with Gasteiger partial charge in [0.05, 0.1) is 54.9 Å². The molecule has 6 aliphatic rings. The number of fused-ring (bicyclic) bond motifs is 3. The van der Waals surface area contributed by atoms with E-state index < -0.39 is 72.4 Å². The molecule has 3 unspecified atom stereocenters. The van der Waals surface area contributed by atoms with Crippen LogP contribution in [0.25, 0.3) is 25.1 Å². The third-order valence-electron chi connectivity index (χ3n) is 20.9. The number of nitrogens with zero attached hydrogens (tertiary/aromatic N) is 1. The average molecular weight is 1490 g/mol. The van der Waals surface area contributed by atoms with Crippen molar-refractivity contribution in [3.63, 3.8) is 0 Å². The average Bonchev–Trinajstić information content (AvgIpc) is 0.747. The van der Waals surface area contributed by atoms with Crippen LogP contribution < -0.4 is 10.4 Å². The minimum absolute atomic E-state index is 0.00100. The predicted octanol–water partition coefficient (Wildman–Crippen LogP) is 16.4. The van der Waals surface area contributed by atoms with Gasteiger partial charge in [0.2, 0.25) is 16.1 Å². The van der Waals surface area contributed by atoms with E-state index in [9.17, 15) is 58.8 Å². The van der Waals surface area contributed by atoms with E-state index in [0.29, 0.717) is 37.9 Å². The number of quaternary nitrogens is 1. The van der Waals surface area contributed by atoms with Gasteiger partial charge in [-0.1, -0.05) is 96.1 Å². The largest absolute Gasteiger partial charge is 0.861 e. The van der Waals surface area contributed by atoms with Gasteiger partial charge in [-0.15, -0.1) is 0 Å². The molecule has 2 heterocycles. The van der Waals surface area contributed by atoms with Crippen molar-refractivity contribution in [3.8, 4) is 10.6 Å². The zero-order valence-electron chi connectivity index (χ0n) is 63.7. The lowest BCUT2D eigenvalue weighted by molar-refractivity contribution is -0.789. The second kappa shape index (κ2) is 34.0. The molecule has 4 aromatic carbocycles. The number of aromatic hydroxyl groups is 1. The number of phenolic OH excluding ortho intramolecular Hbond substituents is 1. The van der Waals surface area contributed by atoms with Crippen molar-refractivity contribution < 1.29 is 88.2 Å². The molecule has 17 nitrogen and oxygen atoms in total. The van der Waals surface area contributed by atoms with Gasteiger partial charge in [0.1, 0.15) is 23.1 Å². The number of rotatable bonds is 17. The molecule has 570 valence electrons. The molecule has 23 heteroatoms. The standard InChI is InChI=1S/C20H29F3O7S.C18H13S.C15H29NO2.C12H22O2.C11H16O.C3H7NO3S/c1-4-17(2,3)15(24)30-19-8-12-5-13(9-19)7-18(6-12,11-19)16(25)29-14(20(21,22)23)10-31(26,27)28;1-2-8-14(9-3-1)19-17-12-6-4-10-15(17)16-11-5-7-13-18(16)19;1-8-13(2,3)12(17)18-11-9-14(4,5)16-15(6,7)10-11;1-5-11(2,3)10(13)14-12(4)8-6-7-9-12;1-4-11(2,3)9-5-7-10(12)8-6-9;1-3(5)4-8(2,6)7/h12-14H,4-11H2,1-3H3,(H,26,27,28);1-13H;11,16H,8-10H2,1-7H3;5-9H2,1-4H3;5-8,12H,4H2,1-3H3;1-2H3,(H,4,5)/q;+1;;;;/p-1. The molecule has 3 atom stereocenters. The number of alkyl halides is 3. The molecule has 0 amide bonds. The minimum atomic E-state index is -5.27. The van der Waals surface area contributed by atoms with Crippen molar-refractivity contribution in [3.05, 3.63) is 109 Å². The number of sulfonamides is 1. The van der Waals surface area contributed by atoms with Crippen LogP contribution in [0.4, 0.5) is 13.2 Å². The summed E-state index contributed by atoms with van der Waals surface area (Å²) < 4.78 is 120. The van der Waals surface area contributed by atoms with Gasteiger partial charge in [0.25, 0.3) is 0 Å². The minimum Gasteiger partial charge on any atom is -0.861 e. The third kappa shape index (κ3) is 24.7. The molecule has 5 saturated carbocycles. The maximum atomic E-state index is 13.3. The van der Waals surface area contributed by atoms with E-state index in [0.717, 1.165) is 64.5 Å². The number of thiophene rings is 1. The Morgan fingerprint density at radius 3 is 1.49 bits per heavy atom. The SMILES string of the molecule is CC([O-])=NS(C)(=O)=O.CCC(C)(C)C(=O)OC1(C)CCCC1.CCC(C)(C)C(=O)OC12CC3CC(C1)CC(C(=O)OC(CS(=O)(=O)[O-])C(F)(F)F)(C3)C2.CCC(C)(C)C(=O)OC1CC(C)(C)[NH2+]C(C)(C)C1.CCC(C)(C)c1ccc(O)cc1.c1ccc(-[s+]2c3ccccc3c3ccccc32)cc1. The first-order valence-electron chi connectivity index (χ1n) is 35.8. The van der Waals surface area contributed by atoms with Crippen molar-refractivity contribution >= 4 is 80.6 Å². The molecule has 0 radical (unpaired) electrons. The summed E-state index contributed by atoms with van der Waals surface area (Å²) in [6, 6.07) is 35.9. The summed E-state index contributed by atoms with van der Waals surface area (Å²) >= 11 is 0. The van der Waals surface area contributed by atoms with Crippen LogP contribution in [0.2, 0.25) is 0 Å². The fourth-order valence-corrected chi connectivity index (χ4v) is 17.8. The molecule has 1 aliphatic heterocycles. The summed E-state index contributed by atoms with van der Waals surface area (Å²) in [5.41, 5.74) is -2.05. The fourth-order valence-electron chi connectivity index (χ4n) is 14.4. The van der Waals surface area contributed by atoms with E-state index in [4.69, 9.17) is 19.3 Å². The Balaban J connectivity index is 0.000000232. The lowest BCUT2D eigenvalue weighted by Gasteiger charge is -2.60. The molecule has 1 saturated heterocycles. The van der Waals surface area contributed by atoms with Crippen molar-refractivity contribution in [2.24, 2.45) is 37.9 Å². The molecule has 11 rings (SSSR count). The Morgan fingerprint density at radius 1 is 0.637 bits per heavy atom. The summed E-state index contributed by atoms with van der Waals surface area (Å²) in [6.45, 7) is 35.8. The highest BCUT2D eigenvalue weighted by atomic mass is 32.2. The van der Waals surface area contributed by atoms with Crippen molar-refractivity contribution in [2.45, 2.75) is 273 Å². The monoisotopic (exact) mass is 1480 g/mol. The molecule has 1 aromatic heterocycles. The molecule has 4 bridgehead atoms. The zero-order chi connectivity index (χ0) is 77.1. The fraction of sp³-hybridized carbons (Fsp3) is 0.633. The normalized spacial score (nSPS) is 21.9. The molecule has 5 aliphatic carbocycles. The summed E-state index contributed by atoms with van der Waals surface area (Å²) in [5, 5.41) is 24.2. The highest BCUT2D eigenvalue weighted by molar-refractivity contribution is 7.89. The predicted molar refractivity (Wildman–Crippen MR) is 395 cm³/mol. The maximum absolute atomic E-state index is 13.3. The van der Waals surface area contributed by atoms with E-state index in [1.54, 1.807) is 26.0 Å². The number of benzene rings is 4. The van der Waals surface area contributed by atoms with E-state index >= 15 is 0 Å². The van der Waals surface area contributed by atoms with Gasteiger partial charge in [-0.25, -0.2) is 16.8 Å². The number of carbonyl (C=O) groups excluding carboxylic acids is 4. The van der Waals surface area contributed by atoms with Crippen LogP contribution in [0.15, 0.2) is 108 Å². The molecular weight excluding hydrogens is 1370 g/mol. The van der Waals surface area contributed by atoms with Crippen LogP contribution in [0.5, 0.6) is 5.75 Å². The Kier molecular flexibility index (Phi) is 28.8. The van der Waals surface area contributed by atoms with Gasteiger partial charge in [-0.05, 0) is 244 Å². The Labute approximate surface area is 608 Å². The molecule has 6 fully saturated rings. The van der Waals surface area contributed by atoms with E-state index in [1.165, 1.54) is 43.5 Å². The van der Waals surface area contributed by atoms with Crippen LogP contribution >= 0.6 is 10.5 Å². The second-order valence-electron chi connectivity index (χ2n) is 33.0. The topological polar surface area (TPSA) is 269 Å². The lowest BCUT2D eigenvalue weighted by atomic mass is 9.48. The number of halogens is 3. The lowest BCUT2D eigenvalue weighted by Crippen LogP contribution is -3.06. The first-order valence-corrected chi connectivity index (χ1v) is 40.4. The summed E-state index contributed by atoms with van der Waals surface area (Å²) in [5.74, 6) is -3.88. The second-order valence-corrected chi connectivity index (χ2v) is 38.1. The summed E-state index contributed by atoms with van der Waals surface area (Å²) in [6.07, 6.45) is 4.84. The van der Waals surface area contributed by atoms with Gasteiger partial charge < -0.3 is 39.0 Å². The van der Waals surface area contributed by atoms with Crippen LogP contribution in [0, 0.1) is 33.5 Å². The molecule has 0 spiro atoms. The number of nitrogens with two attached hydrogens (primary N) is 1.